The highest BCUT2D eigenvalue weighted by Crippen LogP contribution is 2.23. The van der Waals surface area contributed by atoms with Gasteiger partial charge in [-0.25, -0.2) is 5.43 Å². The van der Waals surface area contributed by atoms with E-state index in [9.17, 15) is 4.79 Å². The lowest BCUT2D eigenvalue weighted by Crippen LogP contribution is -2.17. The number of rotatable bonds is 7. The molecule has 7 nitrogen and oxygen atoms in total. The lowest BCUT2D eigenvalue weighted by atomic mass is 10.1. The Hall–Kier alpha value is -4.36. The minimum absolute atomic E-state index is 0.310. The highest BCUT2D eigenvalue weighted by atomic mass is 35.5. The molecule has 0 saturated heterocycles. The first-order chi connectivity index (χ1) is 16.7. The summed E-state index contributed by atoms with van der Waals surface area (Å²) in [6, 6.07) is 24.6. The zero-order valence-electron chi connectivity index (χ0n) is 18.0. The molecule has 3 N–H and O–H groups in total. The predicted molar refractivity (Wildman–Crippen MR) is 133 cm³/mol. The molecule has 0 aliphatic rings. The van der Waals surface area contributed by atoms with Crippen LogP contribution in [0.3, 0.4) is 0 Å². The number of carbonyl (C=O) groups is 1. The molecule has 0 unspecified atom stereocenters. The number of halogens is 1. The average molecular weight is 470 g/mol. The van der Waals surface area contributed by atoms with Crippen LogP contribution in [0, 0.1) is 0 Å². The van der Waals surface area contributed by atoms with Crippen molar-refractivity contribution < 1.29 is 9.53 Å². The number of nitrogens with one attached hydrogen (secondary N) is 3. The number of ether oxygens (including phenoxy) is 1. The standard InChI is InChI=1S/C26H20ClN5O2/c27-22-7-3-1-5-18(22)16-34-20-11-9-17(10-12-20)24-13-25(31-30-24)26(33)32-29-15-19-14-28-23-8-4-2-6-21(19)23/h1-15,28H,16H2,(H,30,31)(H,32,33). The van der Waals surface area contributed by atoms with Gasteiger partial charge >= 0.3 is 0 Å². The minimum atomic E-state index is -0.380. The van der Waals surface area contributed by atoms with Crippen molar-refractivity contribution in [2.24, 2.45) is 5.10 Å². The van der Waals surface area contributed by atoms with Crippen molar-refractivity contribution in [2.75, 3.05) is 0 Å². The Morgan fingerprint density at radius 1 is 1.06 bits per heavy atom. The van der Waals surface area contributed by atoms with Crippen LogP contribution in [0.5, 0.6) is 5.75 Å². The lowest BCUT2D eigenvalue weighted by Gasteiger charge is -2.08. The molecule has 3 aromatic carbocycles. The van der Waals surface area contributed by atoms with Crippen molar-refractivity contribution in [1.82, 2.24) is 20.6 Å². The molecule has 0 aliphatic heterocycles. The zero-order valence-corrected chi connectivity index (χ0v) is 18.7. The van der Waals surface area contributed by atoms with Gasteiger partial charge in [0.05, 0.1) is 11.9 Å². The highest BCUT2D eigenvalue weighted by Gasteiger charge is 2.11. The van der Waals surface area contributed by atoms with Crippen LogP contribution in [0.1, 0.15) is 21.6 Å². The molecular weight excluding hydrogens is 450 g/mol. The first-order valence-electron chi connectivity index (χ1n) is 10.6. The number of H-pyrrole nitrogens is 2. The number of fused-ring (bicyclic) bond motifs is 1. The second kappa shape index (κ2) is 9.64. The van der Waals surface area contributed by atoms with Gasteiger partial charge in [0, 0.05) is 38.8 Å². The van der Waals surface area contributed by atoms with Crippen LogP contribution in [0.15, 0.2) is 90.2 Å². The Kier molecular flexibility index (Phi) is 6.09. The molecule has 0 radical (unpaired) electrons. The van der Waals surface area contributed by atoms with E-state index in [-0.39, 0.29) is 5.91 Å². The Morgan fingerprint density at radius 2 is 1.85 bits per heavy atom. The number of nitrogens with zero attached hydrogens (tertiary/aromatic N) is 2. The number of amides is 1. The van der Waals surface area contributed by atoms with Crippen LogP contribution >= 0.6 is 11.6 Å². The second-order valence-electron chi connectivity index (χ2n) is 7.56. The minimum Gasteiger partial charge on any atom is -0.489 e. The number of aromatic amines is 2. The van der Waals surface area contributed by atoms with Crippen molar-refractivity contribution in [1.29, 1.82) is 0 Å². The summed E-state index contributed by atoms with van der Waals surface area (Å²) >= 11 is 6.17. The number of hydrogen-bond acceptors (Lipinski definition) is 4. The second-order valence-corrected chi connectivity index (χ2v) is 7.97. The van der Waals surface area contributed by atoms with Crippen LogP contribution in [0.4, 0.5) is 0 Å². The fourth-order valence-electron chi connectivity index (χ4n) is 3.51. The van der Waals surface area contributed by atoms with Crippen molar-refractivity contribution in [3.05, 3.63) is 107 Å². The van der Waals surface area contributed by atoms with Gasteiger partial charge in [0.15, 0.2) is 0 Å². The maximum absolute atomic E-state index is 12.4. The number of para-hydroxylation sites is 1. The summed E-state index contributed by atoms with van der Waals surface area (Å²) in [5.74, 6) is 0.332. The van der Waals surface area contributed by atoms with E-state index < -0.39 is 0 Å². The van der Waals surface area contributed by atoms with Crippen molar-refractivity contribution in [3.63, 3.8) is 0 Å². The van der Waals surface area contributed by atoms with Crippen molar-refractivity contribution >= 4 is 34.6 Å². The summed E-state index contributed by atoms with van der Waals surface area (Å²) in [5.41, 5.74) is 7.14. The molecule has 5 rings (SSSR count). The van der Waals surface area contributed by atoms with Crippen LogP contribution in [0.2, 0.25) is 5.02 Å². The predicted octanol–water partition coefficient (Wildman–Crippen LogP) is 5.55. The number of carbonyl (C=O) groups excluding carboxylic acids is 1. The van der Waals surface area contributed by atoms with E-state index in [0.29, 0.717) is 28.8 Å². The van der Waals surface area contributed by atoms with E-state index in [1.165, 1.54) is 0 Å². The number of hydrazone groups is 1. The highest BCUT2D eigenvalue weighted by molar-refractivity contribution is 6.31. The van der Waals surface area contributed by atoms with Crippen LogP contribution in [-0.4, -0.2) is 27.3 Å². The molecule has 168 valence electrons. The van der Waals surface area contributed by atoms with Gasteiger partial charge in [0.2, 0.25) is 0 Å². The summed E-state index contributed by atoms with van der Waals surface area (Å²) in [6.45, 7) is 0.380. The summed E-state index contributed by atoms with van der Waals surface area (Å²) in [7, 11) is 0. The maximum Gasteiger partial charge on any atom is 0.289 e. The molecule has 2 aromatic heterocycles. The number of hydrogen-bond donors (Lipinski definition) is 3. The summed E-state index contributed by atoms with van der Waals surface area (Å²) in [5, 5.41) is 12.8. The lowest BCUT2D eigenvalue weighted by molar-refractivity contribution is 0.0950. The first kappa shape index (κ1) is 21.5. The molecule has 0 spiro atoms. The van der Waals surface area contributed by atoms with Crippen LogP contribution < -0.4 is 10.2 Å². The third kappa shape index (κ3) is 4.69. The van der Waals surface area contributed by atoms with Gasteiger partial charge in [-0.05, 0) is 42.5 Å². The van der Waals surface area contributed by atoms with E-state index in [4.69, 9.17) is 16.3 Å². The number of benzene rings is 3. The Bertz CT molecular complexity index is 1470. The van der Waals surface area contributed by atoms with E-state index in [2.05, 4.69) is 25.7 Å². The van der Waals surface area contributed by atoms with Crippen molar-refractivity contribution in [2.45, 2.75) is 6.61 Å². The van der Waals surface area contributed by atoms with Gasteiger partial charge in [0.1, 0.15) is 18.1 Å². The molecule has 8 heteroatoms. The van der Waals surface area contributed by atoms with Crippen LogP contribution in [0.25, 0.3) is 22.2 Å². The largest absolute Gasteiger partial charge is 0.489 e. The van der Waals surface area contributed by atoms with Gasteiger partial charge in [-0.1, -0.05) is 48.0 Å². The SMILES string of the molecule is O=C(NN=Cc1c[nH]c2ccccc12)c1cc(-c2ccc(OCc3ccccc3Cl)cc2)n[nH]1. The van der Waals surface area contributed by atoms with E-state index in [0.717, 1.165) is 27.6 Å². The fourth-order valence-corrected chi connectivity index (χ4v) is 3.70. The Balaban J connectivity index is 1.20. The molecule has 1 amide bonds. The van der Waals surface area contributed by atoms with Crippen molar-refractivity contribution in [3.8, 4) is 17.0 Å². The molecule has 5 aromatic rings. The fraction of sp³-hybridized carbons (Fsp3) is 0.0385. The quantitative estimate of drug-likeness (QED) is 0.215. The van der Waals surface area contributed by atoms with Gasteiger partial charge in [-0.2, -0.15) is 10.2 Å². The summed E-state index contributed by atoms with van der Waals surface area (Å²) < 4.78 is 5.81. The molecule has 0 bridgehead atoms. The van der Waals surface area contributed by atoms with E-state index in [1.54, 1.807) is 12.3 Å². The number of aromatic nitrogens is 3. The van der Waals surface area contributed by atoms with Crippen LogP contribution in [-0.2, 0) is 6.61 Å². The Labute approximate surface area is 200 Å². The normalized spacial score (nSPS) is 11.2. The zero-order chi connectivity index (χ0) is 23.3. The molecule has 0 fully saturated rings. The molecule has 0 saturated carbocycles. The average Bonchev–Trinajstić information content (AvgIpc) is 3.52. The maximum atomic E-state index is 12.4. The van der Waals surface area contributed by atoms with Gasteiger partial charge < -0.3 is 9.72 Å². The smallest absolute Gasteiger partial charge is 0.289 e. The first-order valence-corrected chi connectivity index (χ1v) is 11.0. The summed E-state index contributed by atoms with van der Waals surface area (Å²) in [6.07, 6.45) is 3.45. The van der Waals surface area contributed by atoms with Gasteiger partial charge in [0.25, 0.3) is 5.91 Å². The molecule has 34 heavy (non-hydrogen) atoms. The molecule has 2 heterocycles. The molecular formula is C26H20ClN5O2. The molecule has 0 atom stereocenters. The van der Waals surface area contributed by atoms with E-state index >= 15 is 0 Å². The Morgan fingerprint density at radius 3 is 2.71 bits per heavy atom. The van der Waals surface area contributed by atoms with E-state index in [1.807, 2.05) is 79.0 Å². The third-order valence-corrected chi connectivity index (χ3v) is 5.68. The van der Waals surface area contributed by atoms with Gasteiger partial charge in [-0.15, -0.1) is 0 Å². The monoisotopic (exact) mass is 469 g/mol. The molecule has 0 aliphatic carbocycles. The third-order valence-electron chi connectivity index (χ3n) is 5.32. The van der Waals surface area contributed by atoms with Gasteiger partial charge in [-0.3, -0.25) is 9.89 Å². The topological polar surface area (TPSA) is 95.2 Å². The summed E-state index contributed by atoms with van der Waals surface area (Å²) in [4.78, 5) is 15.6.